The Morgan fingerprint density at radius 1 is 1.17 bits per heavy atom. The highest BCUT2D eigenvalue weighted by atomic mass is 35.5. The van der Waals surface area contributed by atoms with Crippen molar-refractivity contribution in [3.05, 3.63) is 69.7 Å². The minimum atomic E-state index is -3.10. The van der Waals surface area contributed by atoms with Crippen LogP contribution in [0.3, 0.4) is 0 Å². The predicted molar refractivity (Wildman–Crippen MR) is 126 cm³/mol. The number of benzene rings is 2. The molecule has 30 heavy (non-hydrogen) atoms. The summed E-state index contributed by atoms with van der Waals surface area (Å²) in [6.07, 6.45) is 3.53. The van der Waals surface area contributed by atoms with Crippen LogP contribution in [0.4, 0.5) is 0 Å². The first kappa shape index (κ1) is 23.6. The Labute approximate surface area is 191 Å². The molecule has 1 aliphatic heterocycles. The summed E-state index contributed by atoms with van der Waals surface area (Å²) in [5.41, 5.74) is 11.7. The molecule has 0 radical (unpaired) electrons. The summed E-state index contributed by atoms with van der Waals surface area (Å²) in [5.74, 6) is 0.773. The van der Waals surface area contributed by atoms with Gasteiger partial charge in [-0.2, -0.15) is 0 Å². The number of hydrogen-bond donors (Lipinski definition) is 1. The summed E-state index contributed by atoms with van der Waals surface area (Å²) in [7, 11) is -3.10. The molecule has 7 heteroatoms. The van der Waals surface area contributed by atoms with Crippen molar-refractivity contribution in [2.45, 2.75) is 50.5 Å². The predicted octanol–water partition coefficient (Wildman–Crippen LogP) is 4.50. The second-order valence-corrected chi connectivity index (χ2v) is 11.0. The van der Waals surface area contributed by atoms with Crippen molar-refractivity contribution in [3.63, 3.8) is 0 Å². The van der Waals surface area contributed by atoms with E-state index in [-0.39, 0.29) is 36.0 Å². The maximum atomic E-state index is 12.2. The number of nitrogens with two attached hydrogens (primary N) is 1. The molecule has 4 nitrogen and oxygen atoms in total. The van der Waals surface area contributed by atoms with E-state index >= 15 is 0 Å². The lowest BCUT2D eigenvalue weighted by Crippen LogP contribution is -2.49. The SMILES string of the molecule is CCCS(=O)(=O)N1CC(c2ccc3c(c2)C(Cc2cccc(Cl)c2)C(N)CC3)C1.Cl. The van der Waals surface area contributed by atoms with Crippen molar-refractivity contribution in [3.8, 4) is 0 Å². The molecule has 164 valence electrons. The Hall–Kier alpha value is -1.11. The average molecular weight is 469 g/mol. The summed E-state index contributed by atoms with van der Waals surface area (Å²) in [6.45, 7) is 3.08. The molecule has 1 fully saturated rings. The topological polar surface area (TPSA) is 63.4 Å². The molecule has 2 N–H and O–H groups in total. The summed E-state index contributed by atoms with van der Waals surface area (Å²) < 4.78 is 26.1. The van der Waals surface area contributed by atoms with E-state index in [4.69, 9.17) is 17.3 Å². The summed E-state index contributed by atoms with van der Waals surface area (Å²) in [6, 6.07) is 14.8. The first-order valence-corrected chi connectivity index (χ1v) is 12.5. The minimum absolute atomic E-state index is 0. The molecular weight excluding hydrogens is 439 g/mol. The number of rotatable bonds is 6. The van der Waals surface area contributed by atoms with Crippen LogP contribution < -0.4 is 5.73 Å². The zero-order chi connectivity index (χ0) is 20.6. The molecule has 1 aliphatic carbocycles. The maximum absolute atomic E-state index is 12.2. The fourth-order valence-electron chi connectivity index (χ4n) is 4.64. The van der Waals surface area contributed by atoms with E-state index in [2.05, 4.69) is 24.3 Å². The van der Waals surface area contributed by atoms with Crippen molar-refractivity contribution in [2.75, 3.05) is 18.8 Å². The Kier molecular flexibility index (Phi) is 7.52. The number of sulfonamides is 1. The van der Waals surface area contributed by atoms with Crippen molar-refractivity contribution in [2.24, 2.45) is 5.73 Å². The standard InChI is InChI=1S/C23H29ClN2O2S.ClH/c1-2-10-29(27,28)26-14-19(15-26)18-7-6-17-8-9-23(25)22(21(17)13-18)12-16-4-3-5-20(24)11-16;/h3-7,11,13,19,22-23H,2,8-10,12,14-15,25H2,1H3;1H. The number of aryl methyl sites for hydroxylation is 1. The highest BCUT2D eigenvalue weighted by Gasteiger charge is 2.37. The summed E-state index contributed by atoms with van der Waals surface area (Å²) >= 11 is 6.18. The lowest BCUT2D eigenvalue weighted by Gasteiger charge is -2.39. The highest BCUT2D eigenvalue weighted by Crippen LogP contribution is 2.38. The Morgan fingerprint density at radius 2 is 1.93 bits per heavy atom. The number of hydrogen-bond acceptors (Lipinski definition) is 3. The zero-order valence-corrected chi connectivity index (χ0v) is 19.6. The Bertz CT molecular complexity index is 990. The van der Waals surface area contributed by atoms with E-state index in [1.807, 2.05) is 25.1 Å². The lowest BCUT2D eigenvalue weighted by molar-refractivity contribution is 0.264. The van der Waals surface area contributed by atoms with Gasteiger partial charge < -0.3 is 5.73 Å². The van der Waals surface area contributed by atoms with E-state index in [1.54, 1.807) is 4.31 Å². The minimum Gasteiger partial charge on any atom is -0.327 e. The number of fused-ring (bicyclic) bond motifs is 1. The van der Waals surface area contributed by atoms with Crippen LogP contribution in [-0.4, -0.2) is 37.6 Å². The van der Waals surface area contributed by atoms with E-state index in [0.29, 0.717) is 19.5 Å². The molecule has 2 atom stereocenters. The molecule has 1 heterocycles. The van der Waals surface area contributed by atoms with Crippen LogP contribution >= 0.6 is 24.0 Å². The summed E-state index contributed by atoms with van der Waals surface area (Å²) in [5, 5.41) is 0.753. The Morgan fingerprint density at radius 3 is 2.63 bits per heavy atom. The third-order valence-corrected chi connectivity index (χ3v) is 8.60. The van der Waals surface area contributed by atoms with Crippen molar-refractivity contribution >= 4 is 34.0 Å². The van der Waals surface area contributed by atoms with Gasteiger partial charge in [0.25, 0.3) is 0 Å². The molecular formula is C23H30Cl2N2O2S. The van der Waals surface area contributed by atoms with E-state index in [9.17, 15) is 8.42 Å². The van der Waals surface area contributed by atoms with Crippen molar-refractivity contribution in [1.29, 1.82) is 0 Å². The molecule has 1 saturated heterocycles. The Balaban J connectivity index is 0.00000256. The third kappa shape index (κ3) is 4.86. The second kappa shape index (κ2) is 9.58. The molecule has 2 aliphatic rings. The van der Waals surface area contributed by atoms with Gasteiger partial charge >= 0.3 is 0 Å². The molecule has 0 spiro atoms. The first-order chi connectivity index (χ1) is 13.9. The highest BCUT2D eigenvalue weighted by molar-refractivity contribution is 7.89. The van der Waals surface area contributed by atoms with E-state index in [0.717, 1.165) is 24.3 Å². The van der Waals surface area contributed by atoms with Crippen LogP contribution in [0.2, 0.25) is 5.02 Å². The zero-order valence-electron chi connectivity index (χ0n) is 17.3. The third-order valence-electron chi connectivity index (χ3n) is 6.35. The van der Waals surface area contributed by atoms with Crippen LogP contribution in [0.1, 0.15) is 53.9 Å². The van der Waals surface area contributed by atoms with Crippen molar-refractivity contribution in [1.82, 2.24) is 4.31 Å². The van der Waals surface area contributed by atoms with Crippen molar-refractivity contribution < 1.29 is 8.42 Å². The van der Waals surface area contributed by atoms with Gasteiger partial charge in [0, 0.05) is 36.0 Å². The number of nitrogens with zero attached hydrogens (tertiary/aromatic N) is 1. The van der Waals surface area contributed by atoms with Gasteiger partial charge in [-0.1, -0.05) is 48.9 Å². The van der Waals surface area contributed by atoms with Crippen LogP contribution in [0.15, 0.2) is 42.5 Å². The van der Waals surface area contributed by atoms with E-state index in [1.165, 1.54) is 22.3 Å². The monoisotopic (exact) mass is 468 g/mol. The van der Waals surface area contributed by atoms with Gasteiger partial charge in [0.05, 0.1) is 5.75 Å². The fourth-order valence-corrected chi connectivity index (χ4v) is 6.44. The van der Waals surface area contributed by atoms with Gasteiger partial charge in [-0.05, 0) is 60.1 Å². The van der Waals surface area contributed by atoms with E-state index < -0.39 is 10.0 Å². The molecule has 2 aromatic carbocycles. The number of halogens is 2. The quantitative estimate of drug-likeness (QED) is 0.678. The van der Waals surface area contributed by atoms with Gasteiger partial charge in [-0.25, -0.2) is 12.7 Å². The molecule has 2 unspecified atom stereocenters. The summed E-state index contributed by atoms with van der Waals surface area (Å²) in [4.78, 5) is 0. The smallest absolute Gasteiger partial charge is 0.214 e. The van der Waals surface area contributed by atoms with Crippen LogP contribution in [-0.2, 0) is 22.9 Å². The lowest BCUT2D eigenvalue weighted by atomic mass is 9.75. The molecule has 0 amide bonds. The first-order valence-electron chi connectivity index (χ1n) is 10.5. The molecule has 0 saturated carbocycles. The van der Waals surface area contributed by atoms with Crippen LogP contribution in [0, 0.1) is 0 Å². The molecule has 2 aromatic rings. The second-order valence-electron chi connectivity index (χ2n) is 8.43. The molecule has 0 bridgehead atoms. The maximum Gasteiger partial charge on any atom is 0.214 e. The normalized spacial score (nSPS) is 22.1. The largest absolute Gasteiger partial charge is 0.327 e. The van der Waals surface area contributed by atoms with Gasteiger partial charge in [0.2, 0.25) is 10.0 Å². The van der Waals surface area contributed by atoms with Crippen LogP contribution in [0.5, 0.6) is 0 Å². The fraction of sp³-hybridized carbons (Fsp3) is 0.478. The van der Waals surface area contributed by atoms with Gasteiger partial charge in [0.15, 0.2) is 0 Å². The van der Waals surface area contributed by atoms with Gasteiger partial charge in [0.1, 0.15) is 0 Å². The van der Waals surface area contributed by atoms with Crippen LogP contribution in [0.25, 0.3) is 0 Å². The molecule has 0 aromatic heterocycles. The molecule has 4 rings (SSSR count). The average Bonchev–Trinajstić information content (AvgIpc) is 2.63. The van der Waals surface area contributed by atoms with Gasteiger partial charge in [-0.15, -0.1) is 12.4 Å². The van der Waals surface area contributed by atoms with Gasteiger partial charge in [-0.3, -0.25) is 0 Å².